The quantitative estimate of drug-likeness (QED) is 0.775. The second-order valence-corrected chi connectivity index (χ2v) is 4.57. The molecule has 0 radical (unpaired) electrons. The number of aliphatic carboxylic acids is 1. The van der Waals surface area contributed by atoms with Gasteiger partial charge in [-0.25, -0.2) is 0 Å². The van der Waals surface area contributed by atoms with Gasteiger partial charge in [0, 0.05) is 12.1 Å². The number of benzene rings is 1. The minimum Gasteiger partial charge on any atom is -0.484 e. The van der Waals surface area contributed by atoms with E-state index in [0.717, 1.165) is 0 Å². The third-order valence-corrected chi connectivity index (χ3v) is 2.78. The molecule has 2 N–H and O–H groups in total. The molecule has 118 valence electrons. The summed E-state index contributed by atoms with van der Waals surface area (Å²) in [7, 11) is 0. The molecule has 0 aliphatic heterocycles. The van der Waals surface area contributed by atoms with E-state index >= 15 is 0 Å². The Bertz CT molecular complexity index is 463. The monoisotopic (exact) mass is 305 g/mol. The van der Waals surface area contributed by atoms with Crippen LogP contribution in [0.4, 0.5) is 13.2 Å². The lowest BCUT2D eigenvalue weighted by molar-refractivity contribution is -0.153. The van der Waals surface area contributed by atoms with Crippen molar-refractivity contribution in [3.8, 4) is 5.75 Å². The fourth-order valence-electron chi connectivity index (χ4n) is 1.78. The SMILES string of the molecule is CCCC(NCc1ccccc1OCC(F)(F)F)C(=O)O. The topological polar surface area (TPSA) is 58.6 Å². The van der Waals surface area contributed by atoms with E-state index in [0.29, 0.717) is 18.4 Å². The fourth-order valence-corrected chi connectivity index (χ4v) is 1.78. The highest BCUT2D eigenvalue weighted by molar-refractivity contribution is 5.73. The predicted molar refractivity (Wildman–Crippen MR) is 71.2 cm³/mol. The van der Waals surface area contributed by atoms with Crippen LogP contribution in [0.5, 0.6) is 5.75 Å². The Kier molecular flexibility index (Phi) is 6.48. The molecular formula is C14H18F3NO3. The molecule has 1 aromatic carbocycles. The van der Waals surface area contributed by atoms with Gasteiger partial charge >= 0.3 is 12.1 Å². The summed E-state index contributed by atoms with van der Waals surface area (Å²) in [6.07, 6.45) is -3.27. The van der Waals surface area contributed by atoms with Gasteiger partial charge in [0.1, 0.15) is 11.8 Å². The lowest BCUT2D eigenvalue weighted by Crippen LogP contribution is -2.36. The van der Waals surface area contributed by atoms with E-state index in [9.17, 15) is 18.0 Å². The van der Waals surface area contributed by atoms with E-state index in [1.807, 2.05) is 6.92 Å². The van der Waals surface area contributed by atoms with E-state index < -0.39 is 24.8 Å². The summed E-state index contributed by atoms with van der Waals surface area (Å²) in [5, 5.41) is 11.8. The average Bonchev–Trinajstić information content (AvgIpc) is 2.41. The van der Waals surface area contributed by atoms with E-state index in [2.05, 4.69) is 5.32 Å². The maximum absolute atomic E-state index is 12.2. The van der Waals surface area contributed by atoms with Crippen LogP contribution in [0.25, 0.3) is 0 Å². The minimum absolute atomic E-state index is 0.1000. The van der Waals surface area contributed by atoms with Crippen molar-refractivity contribution in [2.45, 2.75) is 38.5 Å². The van der Waals surface area contributed by atoms with Gasteiger partial charge in [0.2, 0.25) is 0 Å². The number of rotatable bonds is 8. The second-order valence-electron chi connectivity index (χ2n) is 4.57. The maximum atomic E-state index is 12.2. The standard InChI is InChI=1S/C14H18F3NO3/c1-2-5-11(13(19)20)18-8-10-6-3-4-7-12(10)21-9-14(15,16)17/h3-4,6-7,11,18H,2,5,8-9H2,1H3,(H,19,20). The first-order valence-corrected chi connectivity index (χ1v) is 6.57. The highest BCUT2D eigenvalue weighted by Crippen LogP contribution is 2.22. The molecule has 0 bridgehead atoms. The zero-order chi connectivity index (χ0) is 15.9. The van der Waals surface area contributed by atoms with Crippen molar-refractivity contribution in [2.24, 2.45) is 0 Å². The number of ether oxygens (including phenoxy) is 1. The zero-order valence-electron chi connectivity index (χ0n) is 11.6. The van der Waals surface area contributed by atoms with Gasteiger partial charge in [-0.15, -0.1) is 0 Å². The van der Waals surface area contributed by atoms with Gasteiger partial charge in [0.05, 0.1) is 0 Å². The third kappa shape index (κ3) is 6.48. The Morgan fingerprint density at radius 1 is 1.38 bits per heavy atom. The summed E-state index contributed by atoms with van der Waals surface area (Å²) in [5.74, 6) is -0.881. The van der Waals surface area contributed by atoms with Crippen molar-refractivity contribution in [1.29, 1.82) is 0 Å². The number of hydrogen-bond acceptors (Lipinski definition) is 3. The van der Waals surface area contributed by atoms with Crippen molar-refractivity contribution in [1.82, 2.24) is 5.32 Å². The molecule has 1 rings (SSSR count). The van der Waals surface area contributed by atoms with Crippen LogP contribution in [0, 0.1) is 0 Å². The molecular weight excluding hydrogens is 287 g/mol. The maximum Gasteiger partial charge on any atom is 0.422 e. The molecule has 0 heterocycles. The van der Waals surface area contributed by atoms with Crippen LogP contribution in [-0.2, 0) is 11.3 Å². The molecule has 1 aromatic rings. The van der Waals surface area contributed by atoms with Crippen LogP contribution in [0.2, 0.25) is 0 Å². The number of alkyl halides is 3. The van der Waals surface area contributed by atoms with Crippen LogP contribution in [-0.4, -0.2) is 29.9 Å². The molecule has 0 aliphatic rings. The Morgan fingerprint density at radius 2 is 2.05 bits per heavy atom. The van der Waals surface area contributed by atoms with Crippen LogP contribution >= 0.6 is 0 Å². The number of carbonyl (C=O) groups is 1. The molecule has 1 unspecified atom stereocenters. The fraction of sp³-hybridized carbons (Fsp3) is 0.500. The van der Waals surface area contributed by atoms with E-state index in [1.54, 1.807) is 18.2 Å². The number of halogens is 3. The first kappa shape index (κ1) is 17.3. The van der Waals surface area contributed by atoms with Crippen LogP contribution in [0.3, 0.4) is 0 Å². The Labute approximate surface area is 120 Å². The highest BCUT2D eigenvalue weighted by atomic mass is 19.4. The number of carboxylic acids is 1. The summed E-state index contributed by atoms with van der Waals surface area (Å²) in [6, 6.07) is 5.52. The van der Waals surface area contributed by atoms with Crippen LogP contribution in [0.1, 0.15) is 25.3 Å². The first-order chi connectivity index (χ1) is 9.83. The summed E-state index contributed by atoms with van der Waals surface area (Å²) in [4.78, 5) is 11.0. The van der Waals surface area contributed by atoms with Gasteiger partial charge in [-0.05, 0) is 12.5 Å². The first-order valence-electron chi connectivity index (χ1n) is 6.57. The molecule has 0 saturated carbocycles. The average molecular weight is 305 g/mol. The Morgan fingerprint density at radius 3 is 2.62 bits per heavy atom. The number of hydrogen-bond donors (Lipinski definition) is 2. The largest absolute Gasteiger partial charge is 0.484 e. The van der Waals surface area contributed by atoms with Crippen molar-refractivity contribution in [3.63, 3.8) is 0 Å². The Hall–Kier alpha value is -1.76. The smallest absolute Gasteiger partial charge is 0.422 e. The van der Waals surface area contributed by atoms with Crippen molar-refractivity contribution in [3.05, 3.63) is 29.8 Å². The molecule has 0 aliphatic carbocycles. The lowest BCUT2D eigenvalue weighted by atomic mass is 10.1. The number of nitrogens with one attached hydrogen (secondary N) is 1. The number of para-hydroxylation sites is 1. The normalized spacial score (nSPS) is 13.0. The summed E-state index contributed by atoms with van der Waals surface area (Å²) < 4.78 is 41.3. The van der Waals surface area contributed by atoms with Gasteiger partial charge in [0.25, 0.3) is 0 Å². The third-order valence-electron chi connectivity index (χ3n) is 2.78. The summed E-state index contributed by atoms with van der Waals surface area (Å²) in [5.41, 5.74) is 0.490. The summed E-state index contributed by atoms with van der Waals surface area (Å²) in [6.45, 7) is 0.615. The highest BCUT2D eigenvalue weighted by Gasteiger charge is 2.28. The zero-order valence-corrected chi connectivity index (χ0v) is 11.6. The molecule has 0 saturated heterocycles. The molecule has 1 atom stereocenters. The van der Waals surface area contributed by atoms with Crippen LogP contribution < -0.4 is 10.1 Å². The molecule has 0 amide bonds. The van der Waals surface area contributed by atoms with Gasteiger partial charge in [-0.2, -0.15) is 13.2 Å². The molecule has 0 fully saturated rings. The van der Waals surface area contributed by atoms with Gasteiger partial charge < -0.3 is 15.2 Å². The molecule has 4 nitrogen and oxygen atoms in total. The van der Waals surface area contributed by atoms with Gasteiger partial charge in [-0.1, -0.05) is 31.5 Å². The van der Waals surface area contributed by atoms with Crippen LogP contribution in [0.15, 0.2) is 24.3 Å². The van der Waals surface area contributed by atoms with E-state index in [-0.39, 0.29) is 12.3 Å². The van der Waals surface area contributed by atoms with E-state index in [4.69, 9.17) is 9.84 Å². The van der Waals surface area contributed by atoms with Crippen molar-refractivity contribution in [2.75, 3.05) is 6.61 Å². The minimum atomic E-state index is -4.41. The van der Waals surface area contributed by atoms with Gasteiger partial charge in [-0.3, -0.25) is 4.79 Å². The lowest BCUT2D eigenvalue weighted by Gasteiger charge is -2.16. The van der Waals surface area contributed by atoms with E-state index in [1.165, 1.54) is 6.07 Å². The predicted octanol–water partition coefficient (Wildman–Crippen LogP) is 2.97. The molecule has 0 spiro atoms. The molecule has 7 heteroatoms. The van der Waals surface area contributed by atoms with Crippen molar-refractivity contribution < 1.29 is 27.8 Å². The second kappa shape index (κ2) is 7.87. The molecule has 0 aromatic heterocycles. The summed E-state index contributed by atoms with van der Waals surface area (Å²) >= 11 is 0. The van der Waals surface area contributed by atoms with Crippen molar-refractivity contribution >= 4 is 5.97 Å². The molecule has 21 heavy (non-hydrogen) atoms. The Balaban J connectivity index is 2.68. The van der Waals surface area contributed by atoms with Gasteiger partial charge in [0.15, 0.2) is 6.61 Å². The number of carboxylic acid groups (broad SMARTS) is 1.